The van der Waals surface area contributed by atoms with Crippen molar-refractivity contribution >= 4 is 10.8 Å². The molecule has 0 radical (unpaired) electrons. The number of aliphatic hydroxyl groups excluding tert-OH is 2. The lowest BCUT2D eigenvalue weighted by Gasteiger charge is -2.07. The molecule has 0 saturated heterocycles. The van der Waals surface area contributed by atoms with Crippen LogP contribution in [0.5, 0.6) is 0 Å². The summed E-state index contributed by atoms with van der Waals surface area (Å²) in [6.45, 7) is 0.913. The minimum Gasteiger partial charge on any atom is -0.394 e. The van der Waals surface area contributed by atoms with Gasteiger partial charge >= 0.3 is 0 Å². The van der Waals surface area contributed by atoms with Gasteiger partial charge in [0.1, 0.15) is 0 Å². The van der Waals surface area contributed by atoms with E-state index >= 15 is 0 Å². The van der Waals surface area contributed by atoms with Crippen LogP contribution in [-0.4, -0.2) is 52.2 Å². The van der Waals surface area contributed by atoms with Gasteiger partial charge in [0, 0.05) is 29.4 Å². The Hall–Kier alpha value is 0.0300. The molecular formula is C7H17NO3S. The third-order valence-electron chi connectivity index (χ3n) is 1.38. The second-order valence-electron chi connectivity index (χ2n) is 2.67. The second-order valence-corrected chi connectivity index (χ2v) is 4.23. The van der Waals surface area contributed by atoms with E-state index in [4.69, 9.17) is 10.2 Å². The molecule has 0 heterocycles. The van der Waals surface area contributed by atoms with Crippen LogP contribution in [0.1, 0.15) is 6.42 Å². The highest BCUT2D eigenvalue weighted by molar-refractivity contribution is 7.84. The lowest BCUT2D eigenvalue weighted by atomic mass is 10.3. The molecule has 12 heavy (non-hydrogen) atoms. The monoisotopic (exact) mass is 195 g/mol. The van der Waals surface area contributed by atoms with Crippen molar-refractivity contribution in [3.63, 3.8) is 0 Å². The summed E-state index contributed by atoms with van der Waals surface area (Å²) in [6.07, 6.45) is 1.82. The first-order valence-electron chi connectivity index (χ1n) is 3.96. The van der Waals surface area contributed by atoms with Crippen molar-refractivity contribution in [2.75, 3.05) is 31.7 Å². The minimum atomic E-state index is -0.733. The number of nitrogens with one attached hydrogen (secondary N) is 1. The molecule has 2 atom stereocenters. The fourth-order valence-corrected chi connectivity index (χ4v) is 1.28. The van der Waals surface area contributed by atoms with Gasteiger partial charge in [-0.25, -0.2) is 0 Å². The molecule has 0 spiro atoms. The van der Waals surface area contributed by atoms with Gasteiger partial charge in [0.05, 0.1) is 12.7 Å². The smallest absolute Gasteiger partial charge is 0.0894 e. The first kappa shape index (κ1) is 12.0. The molecule has 0 aromatic carbocycles. The van der Waals surface area contributed by atoms with E-state index in [0.29, 0.717) is 12.3 Å². The van der Waals surface area contributed by atoms with Gasteiger partial charge < -0.3 is 15.5 Å². The largest absolute Gasteiger partial charge is 0.394 e. The highest BCUT2D eigenvalue weighted by Gasteiger charge is 1.99. The maximum Gasteiger partial charge on any atom is 0.0894 e. The summed E-state index contributed by atoms with van der Waals surface area (Å²) in [5.74, 6) is 0.683. The number of rotatable bonds is 7. The van der Waals surface area contributed by atoms with Crippen LogP contribution in [0.2, 0.25) is 0 Å². The van der Waals surface area contributed by atoms with Crippen molar-refractivity contribution < 1.29 is 14.4 Å². The Morgan fingerprint density at radius 1 is 1.58 bits per heavy atom. The van der Waals surface area contributed by atoms with E-state index in [1.54, 1.807) is 6.26 Å². The van der Waals surface area contributed by atoms with E-state index in [0.717, 1.165) is 13.0 Å². The average molecular weight is 195 g/mol. The van der Waals surface area contributed by atoms with Gasteiger partial charge in [-0.1, -0.05) is 0 Å². The van der Waals surface area contributed by atoms with Gasteiger partial charge in [-0.2, -0.15) is 0 Å². The molecule has 0 rings (SSSR count). The van der Waals surface area contributed by atoms with E-state index in [2.05, 4.69) is 5.32 Å². The SMILES string of the molecule is CS(=O)CCCNCC(O)CO. The predicted octanol–water partition coefficient (Wildman–Crippen LogP) is -1.30. The van der Waals surface area contributed by atoms with E-state index in [1.165, 1.54) is 0 Å². The van der Waals surface area contributed by atoms with Crippen molar-refractivity contribution in [2.45, 2.75) is 12.5 Å². The number of aliphatic hydroxyl groups is 2. The van der Waals surface area contributed by atoms with E-state index < -0.39 is 16.9 Å². The number of hydrogen-bond donors (Lipinski definition) is 3. The summed E-state index contributed by atoms with van der Waals surface area (Å²) in [5, 5.41) is 20.3. The Balaban J connectivity index is 3.05. The molecule has 4 nitrogen and oxygen atoms in total. The Morgan fingerprint density at radius 2 is 2.25 bits per heavy atom. The molecule has 0 aliphatic carbocycles. The van der Waals surface area contributed by atoms with Crippen LogP contribution >= 0.6 is 0 Å². The lowest BCUT2D eigenvalue weighted by molar-refractivity contribution is 0.0946. The Kier molecular flexibility index (Phi) is 7.69. The molecule has 0 aromatic rings. The Bertz CT molecular complexity index is 132. The average Bonchev–Trinajstić information content (AvgIpc) is 2.03. The molecule has 0 saturated carbocycles. The molecule has 0 bridgehead atoms. The summed E-state index contributed by atoms with van der Waals surface area (Å²) in [6, 6.07) is 0. The lowest BCUT2D eigenvalue weighted by Crippen LogP contribution is -2.30. The molecule has 0 aliphatic rings. The normalized spacial score (nSPS) is 15.9. The molecule has 0 fully saturated rings. The third kappa shape index (κ3) is 8.13. The topological polar surface area (TPSA) is 69.6 Å². The standard InChI is InChI=1S/C7H17NO3S/c1-12(11)4-2-3-8-5-7(10)6-9/h7-10H,2-6H2,1H3. The predicted molar refractivity (Wildman–Crippen MR) is 49.5 cm³/mol. The molecule has 74 valence electrons. The van der Waals surface area contributed by atoms with Gasteiger partial charge in [0.2, 0.25) is 0 Å². The molecule has 3 N–H and O–H groups in total. The molecule has 2 unspecified atom stereocenters. The van der Waals surface area contributed by atoms with Crippen LogP contribution in [0.15, 0.2) is 0 Å². The van der Waals surface area contributed by atoms with Crippen molar-refractivity contribution in [1.29, 1.82) is 0 Å². The first-order valence-corrected chi connectivity index (χ1v) is 5.69. The van der Waals surface area contributed by atoms with Crippen molar-refractivity contribution in [3.05, 3.63) is 0 Å². The van der Waals surface area contributed by atoms with Gasteiger partial charge in [0.15, 0.2) is 0 Å². The quantitative estimate of drug-likeness (QED) is 0.442. The molecule has 5 heteroatoms. The zero-order valence-corrected chi connectivity index (χ0v) is 8.14. The van der Waals surface area contributed by atoms with Crippen LogP contribution in [0, 0.1) is 0 Å². The number of hydrogen-bond acceptors (Lipinski definition) is 4. The summed E-state index contributed by atoms with van der Waals surface area (Å²) >= 11 is 0. The zero-order chi connectivity index (χ0) is 9.40. The van der Waals surface area contributed by atoms with Gasteiger partial charge in [-0.05, 0) is 13.0 Å². The van der Waals surface area contributed by atoms with Crippen LogP contribution < -0.4 is 5.32 Å². The molecule has 0 amide bonds. The summed E-state index contributed by atoms with van der Waals surface area (Å²) in [4.78, 5) is 0. The van der Waals surface area contributed by atoms with Crippen LogP contribution in [0.4, 0.5) is 0 Å². The summed E-state index contributed by atoms with van der Waals surface area (Å²) in [5.41, 5.74) is 0. The Morgan fingerprint density at radius 3 is 2.75 bits per heavy atom. The zero-order valence-electron chi connectivity index (χ0n) is 7.32. The van der Waals surface area contributed by atoms with Crippen LogP contribution in [0.3, 0.4) is 0 Å². The maximum atomic E-state index is 10.6. The van der Waals surface area contributed by atoms with E-state index in [-0.39, 0.29) is 6.61 Å². The van der Waals surface area contributed by atoms with E-state index in [9.17, 15) is 4.21 Å². The van der Waals surface area contributed by atoms with E-state index in [1.807, 2.05) is 0 Å². The second kappa shape index (κ2) is 7.67. The van der Waals surface area contributed by atoms with Crippen molar-refractivity contribution in [1.82, 2.24) is 5.32 Å². The molecular weight excluding hydrogens is 178 g/mol. The Labute approximate surface area is 75.4 Å². The van der Waals surface area contributed by atoms with Crippen LogP contribution in [-0.2, 0) is 10.8 Å². The molecule has 0 aliphatic heterocycles. The fraction of sp³-hybridized carbons (Fsp3) is 1.00. The third-order valence-corrected chi connectivity index (χ3v) is 2.24. The fourth-order valence-electron chi connectivity index (χ4n) is 0.734. The highest BCUT2D eigenvalue weighted by atomic mass is 32.2. The summed E-state index contributed by atoms with van der Waals surface area (Å²) in [7, 11) is -0.733. The summed E-state index contributed by atoms with van der Waals surface area (Å²) < 4.78 is 10.6. The molecule has 0 aromatic heterocycles. The van der Waals surface area contributed by atoms with Gasteiger partial charge in [0.25, 0.3) is 0 Å². The first-order chi connectivity index (χ1) is 5.66. The van der Waals surface area contributed by atoms with Crippen LogP contribution in [0.25, 0.3) is 0 Å². The van der Waals surface area contributed by atoms with Gasteiger partial charge in [-0.3, -0.25) is 4.21 Å². The highest BCUT2D eigenvalue weighted by Crippen LogP contribution is 1.82. The van der Waals surface area contributed by atoms with Crippen molar-refractivity contribution in [3.8, 4) is 0 Å². The van der Waals surface area contributed by atoms with Gasteiger partial charge in [-0.15, -0.1) is 0 Å². The maximum absolute atomic E-state index is 10.6. The minimum absolute atomic E-state index is 0.216. The van der Waals surface area contributed by atoms with Crippen molar-refractivity contribution in [2.24, 2.45) is 0 Å².